The largest absolute Gasteiger partial charge is 0.371 e. The number of nitriles is 2. The molecule has 0 spiro atoms. The number of benzene rings is 1. The fraction of sp³-hybridized carbons (Fsp3) is 0.333. The van der Waals surface area contributed by atoms with Crippen molar-refractivity contribution >= 4 is 5.69 Å². The molecule has 1 unspecified atom stereocenters. The third-order valence-electron chi connectivity index (χ3n) is 2.43. The number of nitrogens with zero attached hydrogens (tertiary/aromatic N) is 3. The minimum atomic E-state index is 0.156. The topological polar surface area (TPSA) is 50.8 Å². The molecule has 3 heteroatoms. The molecule has 0 heterocycles. The second-order valence-corrected chi connectivity index (χ2v) is 3.48. The smallest absolute Gasteiger partial charge is 0.0992 e. The van der Waals surface area contributed by atoms with Crippen LogP contribution >= 0.6 is 0 Å². The lowest BCUT2D eigenvalue weighted by molar-refractivity contribution is 0.702. The Kier molecular flexibility index (Phi) is 3.71. The number of anilines is 1. The average Bonchev–Trinajstić information content (AvgIpc) is 2.28. The van der Waals surface area contributed by atoms with Crippen LogP contribution in [0.4, 0.5) is 5.69 Å². The van der Waals surface area contributed by atoms with Gasteiger partial charge in [0.1, 0.15) is 0 Å². The van der Waals surface area contributed by atoms with E-state index in [-0.39, 0.29) is 6.04 Å². The molecule has 1 aromatic rings. The number of hydrogen-bond acceptors (Lipinski definition) is 3. The normalized spacial score (nSPS) is 11.2. The van der Waals surface area contributed by atoms with E-state index in [2.05, 4.69) is 12.1 Å². The van der Waals surface area contributed by atoms with E-state index >= 15 is 0 Å². The predicted molar refractivity (Wildman–Crippen MR) is 59.3 cm³/mol. The van der Waals surface area contributed by atoms with Gasteiger partial charge in [-0.25, -0.2) is 0 Å². The Morgan fingerprint density at radius 3 is 2.73 bits per heavy atom. The van der Waals surface area contributed by atoms with Crippen molar-refractivity contribution in [3.8, 4) is 12.1 Å². The Morgan fingerprint density at radius 1 is 1.40 bits per heavy atom. The van der Waals surface area contributed by atoms with Gasteiger partial charge in [0.2, 0.25) is 0 Å². The zero-order chi connectivity index (χ0) is 11.3. The summed E-state index contributed by atoms with van der Waals surface area (Å²) in [4.78, 5) is 2.00. The Bertz CT molecular complexity index is 412. The van der Waals surface area contributed by atoms with Crippen LogP contribution in [0.1, 0.15) is 18.9 Å². The SMILES string of the molecule is CC(CC#N)N(C)c1cccc(C#N)c1. The van der Waals surface area contributed by atoms with Crippen molar-refractivity contribution in [3.63, 3.8) is 0 Å². The molecule has 3 nitrogen and oxygen atoms in total. The Hall–Kier alpha value is -2.00. The summed E-state index contributed by atoms with van der Waals surface area (Å²) in [7, 11) is 1.93. The maximum atomic E-state index is 8.76. The van der Waals surface area contributed by atoms with E-state index < -0.39 is 0 Å². The summed E-state index contributed by atoms with van der Waals surface area (Å²) >= 11 is 0. The highest BCUT2D eigenvalue weighted by Gasteiger charge is 2.09. The van der Waals surface area contributed by atoms with Gasteiger partial charge in [0.15, 0.2) is 0 Å². The lowest BCUT2D eigenvalue weighted by Gasteiger charge is -2.25. The molecule has 0 radical (unpaired) electrons. The van der Waals surface area contributed by atoms with Crippen LogP contribution in [0.25, 0.3) is 0 Å². The maximum Gasteiger partial charge on any atom is 0.0992 e. The van der Waals surface area contributed by atoms with Crippen molar-refractivity contribution in [2.24, 2.45) is 0 Å². The van der Waals surface area contributed by atoms with Crippen molar-refractivity contribution in [2.45, 2.75) is 19.4 Å². The van der Waals surface area contributed by atoms with Crippen molar-refractivity contribution in [1.82, 2.24) is 0 Å². The van der Waals surface area contributed by atoms with Crippen LogP contribution in [-0.4, -0.2) is 13.1 Å². The van der Waals surface area contributed by atoms with Crippen molar-refractivity contribution in [1.29, 1.82) is 10.5 Å². The lowest BCUT2D eigenvalue weighted by Crippen LogP contribution is -2.28. The van der Waals surface area contributed by atoms with Gasteiger partial charge in [-0.15, -0.1) is 0 Å². The molecule has 0 aliphatic rings. The van der Waals surface area contributed by atoms with E-state index in [0.717, 1.165) is 5.69 Å². The molecule has 1 aromatic carbocycles. The summed E-state index contributed by atoms with van der Waals surface area (Å²) in [5.41, 5.74) is 1.61. The summed E-state index contributed by atoms with van der Waals surface area (Å²) < 4.78 is 0. The van der Waals surface area contributed by atoms with Gasteiger partial charge in [-0.05, 0) is 25.1 Å². The molecule has 0 amide bonds. The van der Waals surface area contributed by atoms with Gasteiger partial charge >= 0.3 is 0 Å². The van der Waals surface area contributed by atoms with Crippen LogP contribution in [0, 0.1) is 22.7 Å². The molecule has 0 fully saturated rings. The minimum absolute atomic E-state index is 0.156. The lowest BCUT2D eigenvalue weighted by atomic mass is 10.1. The molecule has 0 saturated carbocycles. The van der Waals surface area contributed by atoms with Crippen LogP contribution in [0.15, 0.2) is 24.3 Å². The third kappa shape index (κ3) is 2.72. The predicted octanol–water partition coefficient (Wildman–Crippen LogP) is 2.30. The molecule has 0 aliphatic carbocycles. The Morgan fingerprint density at radius 2 is 2.13 bits per heavy atom. The molecule has 1 rings (SSSR count). The first-order valence-electron chi connectivity index (χ1n) is 4.79. The monoisotopic (exact) mass is 199 g/mol. The third-order valence-corrected chi connectivity index (χ3v) is 2.43. The molecule has 1 atom stereocenters. The molecular weight excluding hydrogens is 186 g/mol. The second-order valence-electron chi connectivity index (χ2n) is 3.48. The molecule has 0 aromatic heterocycles. The van der Waals surface area contributed by atoms with E-state index in [1.165, 1.54) is 0 Å². The van der Waals surface area contributed by atoms with Gasteiger partial charge in [0.25, 0.3) is 0 Å². The van der Waals surface area contributed by atoms with Crippen molar-refractivity contribution < 1.29 is 0 Å². The van der Waals surface area contributed by atoms with Gasteiger partial charge in [-0.3, -0.25) is 0 Å². The zero-order valence-electron chi connectivity index (χ0n) is 8.94. The fourth-order valence-corrected chi connectivity index (χ4v) is 1.32. The van der Waals surface area contributed by atoms with Crippen LogP contribution in [-0.2, 0) is 0 Å². The highest BCUT2D eigenvalue weighted by atomic mass is 15.1. The Balaban J connectivity index is 2.87. The van der Waals surface area contributed by atoms with E-state index in [1.54, 1.807) is 6.07 Å². The summed E-state index contributed by atoms with van der Waals surface area (Å²) in [5, 5.41) is 17.4. The average molecular weight is 199 g/mol. The van der Waals surface area contributed by atoms with Crippen LogP contribution in [0.3, 0.4) is 0 Å². The van der Waals surface area contributed by atoms with Crippen molar-refractivity contribution in [3.05, 3.63) is 29.8 Å². The first-order valence-corrected chi connectivity index (χ1v) is 4.79. The minimum Gasteiger partial charge on any atom is -0.371 e. The van der Waals surface area contributed by atoms with Gasteiger partial charge in [-0.1, -0.05) is 6.07 Å². The molecule has 0 bridgehead atoms. The zero-order valence-corrected chi connectivity index (χ0v) is 8.94. The highest BCUT2D eigenvalue weighted by Crippen LogP contribution is 2.17. The standard InChI is InChI=1S/C12H13N3/c1-10(6-7-13)15(2)12-5-3-4-11(8-12)9-14/h3-5,8,10H,6H2,1-2H3. The second kappa shape index (κ2) is 5.02. The number of rotatable bonds is 3. The maximum absolute atomic E-state index is 8.76. The summed E-state index contributed by atoms with van der Waals surface area (Å²) in [6.07, 6.45) is 0.479. The van der Waals surface area contributed by atoms with Crippen LogP contribution in [0.5, 0.6) is 0 Å². The summed E-state index contributed by atoms with van der Waals surface area (Å²) in [6.45, 7) is 1.99. The molecular formula is C12H13N3. The molecule has 0 N–H and O–H groups in total. The van der Waals surface area contributed by atoms with Crippen LogP contribution < -0.4 is 4.90 Å². The van der Waals surface area contributed by atoms with E-state index in [4.69, 9.17) is 10.5 Å². The quantitative estimate of drug-likeness (QED) is 0.750. The van der Waals surface area contributed by atoms with E-state index in [0.29, 0.717) is 12.0 Å². The number of hydrogen-bond donors (Lipinski definition) is 0. The first kappa shape index (κ1) is 11.1. The molecule has 15 heavy (non-hydrogen) atoms. The van der Waals surface area contributed by atoms with E-state index in [9.17, 15) is 0 Å². The fourth-order valence-electron chi connectivity index (χ4n) is 1.32. The highest BCUT2D eigenvalue weighted by molar-refractivity contribution is 5.51. The van der Waals surface area contributed by atoms with E-state index in [1.807, 2.05) is 37.1 Å². The van der Waals surface area contributed by atoms with Gasteiger partial charge in [0, 0.05) is 18.8 Å². The summed E-state index contributed by atoms with van der Waals surface area (Å²) in [5.74, 6) is 0. The molecule has 76 valence electrons. The Labute approximate surface area is 90.2 Å². The van der Waals surface area contributed by atoms with Crippen molar-refractivity contribution in [2.75, 3.05) is 11.9 Å². The van der Waals surface area contributed by atoms with Gasteiger partial charge < -0.3 is 4.90 Å². The summed E-state index contributed by atoms with van der Waals surface area (Å²) in [6, 6.07) is 11.8. The first-order chi connectivity index (χ1) is 7.19. The van der Waals surface area contributed by atoms with Gasteiger partial charge in [0.05, 0.1) is 24.1 Å². The molecule has 0 aliphatic heterocycles. The molecule has 0 saturated heterocycles. The van der Waals surface area contributed by atoms with Gasteiger partial charge in [-0.2, -0.15) is 10.5 Å². The van der Waals surface area contributed by atoms with Crippen LogP contribution in [0.2, 0.25) is 0 Å².